The Hall–Kier alpha value is -2.09. The highest BCUT2D eigenvalue weighted by Gasteiger charge is 2.28. The van der Waals surface area contributed by atoms with Gasteiger partial charge < -0.3 is 14.4 Å². The number of benzene rings is 2. The van der Waals surface area contributed by atoms with Crippen molar-refractivity contribution in [1.82, 2.24) is 4.90 Å². The van der Waals surface area contributed by atoms with Gasteiger partial charge in [0.15, 0.2) is 9.84 Å². The number of amides is 1. The number of carbonyl (C=O) groups excluding carboxylic acids is 1. The smallest absolute Gasteiger partial charge is 0.410 e. The number of halogens is 1. The summed E-state index contributed by atoms with van der Waals surface area (Å²) >= 11 is 6.52. The first-order valence-corrected chi connectivity index (χ1v) is 12.4. The zero-order chi connectivity index (χ0) is 22.8. The zero-order valence-electron chi connectivity index (χ0n) is 18.2. The third-order valence-electron chi connectivity index (χ3n) is 4.88. The van der Waals surface area contributed by atoms with Crippen molar-refractivity contribution in [1.29, 1.82) is 0 Å². The minimum atomic E-state index is -3.24. The SMILES string of the molecule is CC(C)(C)OC(=O)N1CCO[C@H](Cc2ccc(-c3ccc(S(C)(=O)=O)cc3)c(Cl)c2)C1. The molecule has 0 aliphatic carbocycles. The maximum Gasteiger partial charge on any atom is 0.410 e. The summed E-state index contributed by atoms with van der Waals surface area (Å²) < 4.78 is 34.6. The van der Waals surface area contributed by atoms with Crippen molar-refractivity contribution < 1.29 is 22.7 Å². The van der Waals surface area contributed by atoms with Crippen LogP contribution in [0.5, 0.6) is 0 Å². The van der Waals surface area contributed by atoms with E-state index in [0.29, 0.717) is 31.1 Å². The molecule has 6 nitrogen and oxygen atoms in total. The molecule has 1 aliphatic heterocycles. The fraction of sp³-hybridized carbons (Fsp3) is 0.435. The number of hydrogen-bond acceptors (Lipinski definition) is 5. The average molecular weight is 466 g/mol. The highest BCUT2D eigenvalue weighted by atomic mass is 35.5. The van der Waals surface area contributed by atoms with Crippen LogP contribution in [0.25, 0.3) is 11.1 Å². The van der Waals surface area contributed by atoms with E-state index in [0.717, 1.165) is 16.7 Å². The summed E-state index contributed by atoms with van der Waals surface area (Å²) in [6.07, 6.45) is 1.33. The number of ether oxygens (including phenoxy) is 2. The standard InChI is InChI=1S/C23H28ClNO5S/c1-23(2,3)30-22(26)25-11-12-29-18(15-25)13-16-5-10-20(21(24)14-16)17-6-8-19(9-7-17)31(4,27)28/h5-10,14,18H,11-13,15H2,1-4H3/t18-/m1/s1. The van der Waals surface area contributed by atoms with E-state index in [9.17, 15) is 13.2 Å². The lowest BCUT2D eigenvalue weighted by atomic mass is 10.0. The van der Waals surface area contributed by atoms with E-state index in [1.807, 2.05) is 39.0 Å². The Labute approximate surface area is 189 Å². The van der Waals surface area contributed by atoms with Gasteiger partial charge in [0.25, 0.3) is 0 Å². The van der Waals surface area contributed by atoms with Crippen LogP contribution in [0.4, 0.5) is 4.79 Å². The quantitative estimate of drug-likeness (QED) is 0.660. The van der Waals surface area contributed by atoms with Gasteiger partial charge in [0, 0.05) is 29.8 Å². The molecule has 2 aromatic carbocycles. The van der Waals surface area contributed by atoms with Gasteiger partial charge in [-0.3, -0.25) is 0 Å². The molecule has 1 amide bonds. The molecule has 31 heavy (non-hydrogen) atoms. The molecule has 1 aliphatic rings. The van der Waals surface area contributed by atoms with Crippen LogP contribution in [0.3, 0.4) is 0 Å². The molecule has 1 saturated heterocycles. The van der Waals surface area contributed by atoms with Crippen LogP contribution >= 0.6 is 11.6 Å². The molecular formula is C23H28ClNO5S. The van der Waals surface area contributed by atoms with E-state index in [-0.39, 0.29) is 17.1 Å². The molecule has 1 fully saturated rings. The Morgan fingerprint density at radius 1 is 1.19 bits per heavy atom. The summed E-state index contributed by atoms with van der Waals surface area (Å²) in [5.41, 5.74) is 2.13. The van der Waals surface area contributed by atoms with Gasteiger partial charge in [0.1, 0.15) is 5.60 Å². The van der Waals surface area contributed by atoms with Gasteiger partial charge in [0.05, 0.1) is 24.2 Å². The second-order valence-corrected chi connectivity index (χ2v) is 11.2. The average Bonchev–Trinajstić information content (AvgIpc) is 2.66. The first-order chi connectivity index (χ1) is 14.4. The Morgan fingerprint density at radius 2 is 1.87 bits per heavy atom. The zero-order valence-corrected chi connectivity index (χ0v) is 19.8. The topological polar surface area (TPSA) is 72.9 Å². The van der Waals surface area contributed by atoms with Crippen molar-refractivity contribution in [3.05, 3.63) is 53.1 Å². The highest BCUT2D eigenvalue weighted by Crippen LogP contribution is 2.30. The Bertz CT molecular complexity index is 1040. The summed E-state index contributed by atoms with van der Waals surface area (Å²) in [5, 5.41) is 0.574. The molecule has 168 valence electrons. The molecule has 2 aromatic rings. The van der Waals surface area contributed by atoms with Gasteiger partial charge in [-0.25, -0.2) is 13.2 Å². The maximum atomic E-state index is 12.3. The van der Waals surface area contributed by atoms with Crippen molar-refractivity contribution in [2.45, 2.75) is 43.8 Å². The summed E-state index contributed by atoms with van der Waals surface area (Å²) in [4.78, 5) is 14.3. The predicted molar refractivity (Wildman–Crippen MR) is 121 cm³/mol. The highest BCUT2D eigenvalue weighted by molar-refractivity contribution is 7.90. The van der Waals surface area contributed by atoms with Crippen LogP contribution in [0.2, 0.25) is 5.02 Å². The molecule has 8 heteroatoms. The molecule has 0 radical (unpaired) electrons. The molecule has 1 heterocycles. The van der Waals surface area contributed by atoms with E-state index in [1.165, 1.54) is 6.26 Å². The van der Waals surface area contributed by atoms with Gasteiger partial charge in [-0.2, -0.15) is 0 Å². The van der Waals surface area contributed by atoms with Crippen LogP contribution in [0.15, 0.2) is 47.4 Å². The number of hydrogen-bond donors (Lipinski definition) is 0. The van der Waals surface area contributed by atoms with E-state index in [2.05, 4.69) is 0 Å². The third kappa shape index (κ3) is 6.45. The largest absolute Gasteiger partial charge is 0.444 e. The Morgan fingerprint density at radius 3 is 2.45 bits per heavy atom. The van der Waals surface area contributed by atoms with Crippen molar-refractivity contribution in [2.24, 2.45) is 0 Å². The lowest BCUT2D eigenvalue weighted by Gasteiger charge is -2.34. The number of rotatable bonds is 4. The number of sulfone groups is 1. The van der Waals surface area contributed by atoms with Crippen LogP contribution in [-0.4, -0.2) is 57.1 Å². The molecule has 0 bridgehead atoms. The van der Waals surface area contributed by atoms with Crippen LogP contribution in [-0.2, 0) is 25.7 Å². The molecular weight excluding hydrogens is 438 g/mol. The van der Waals surface area contributed by atoms with Crippen molar-refractivity contribution in [3.8, 4) is 11.1 Å². The van der Waals surface area contributed by atoms with Gasteiger partial charge in [-0.1, -0.05) is 35.9 Å². The van der Waals surface area contributed by atoms with Gasteiger partial charge in [-0.15, -0.1) is 0 Å². The second-order valence-electron chi connectivity index (χ2n) is 8.73. The summed E-state index contributed by atoms with van der Waals surface area (Å²) in [6.45, 7) is 6.97. The van der Waals surface area contributed by atoms with Crippen molar-refractivity contribution in [3.63, 3.8) is 0 Å². The van der Waals surface area contributed by atoms with Gasteiger partial charge in [-0.05, 0) is 50.1 Å². The van der Waals surface area contributed by atoms with Crippen LogP contribution in [0.1, 0.15) is 26.3 Å². The summed E-state index contributed by atoms with van der Waals surface area (Å²) in [7, 11) is -3.24. The normalized spacial score (nSPS) is 17.5. The minimum Gasteiger partial charge on any atom is -0.444 e. The first kappa shape index (κ1) is 23.6. The van der Waals surface area contributed by atoms with E-state index >= 15 is 0 Å². The third-order valence-corrected chi connectivity index (χ3v) is 6.32. The number of nitrogens with zero attached hydrogens (tertiary/aromatic N) is 1. The molecule has 1 atom stereocenters. The minimum absolute atomic E-state index is 0.141. The maximum absolute atomic E-state index is 12.3. The van der Waals surface area contributed by atoms with Crippen molar-refractivity contribution in [2.75, 3.05) is 26.0 Å². The van der Waals surface area contributed by atoms with Gasteiger partial charge in [0.2, 0.25) is 0 Å². The Kier molecular flexibility index (Phi) is 6.98. The van der Waals surface area contributed by atoms with E-state index in [4.69, 9.17) is 21.1 Å². The van der Waals surface area contributed by atoms with Crippen LogP contribution < -0.4 is 0 Å². The molecule has 0 aromatic heterocycles. The van der Waals surface area contributed by atoms with E-state index in [1.54, 1.807) is 29.2 Å². The van der Waals surface area contributed by atoms with Crippen LogP contribution in [0, 0.1) is 0 Å². The fourth-order valence-electron chi connectivity index (χ4n) is 3.40. The predicted octanol–water partition coefficient (Wildman–Crippen LogP) is 4.59. The molecule has 0 N–H and O–H groups in total. The monoisotopic (exact) mass is 465 g/mol. The van der Waals surface area contributed by atoms with E-state index < -0.39 is 15.4 Å². The number of carbonyl (C=O) groups is 1. The van der Waals surface area contributed by atoms with Gasteiger partial charge >= 0.3 is 6.09 Å². The van der Waals surface area contributed by atoms with Crippen molar-refractivity contribution >= 4 is 27.5 Å². The summed E-state index contributed by atoms with van der Waals surface area (Å²) in [5.74, 6) is 0. The lowest BCUT2D eigenvalue weighted by molar-refractivity contribution is -0.0415. The Balaban J connectivity index is 1.68. The first-order valence-electron chi connectivity index (χ1n) is 10.1. The molecule has 0 saturated carbocycles. The molecule has 3 rings (SSSR count). The lowest BCUT2D eigenvalue weighted by Crippen LogP contribution is -2.48. The fourth-order valence-corrected chi connectivity index (χ4v) is 4.34. The summed E-state index contributed by atoms with van der Waals surface area (Å²) in [6, 6.07) is 12.4. The molecule has 0 spiro atoms. The second kappa shape index (κ2) is 9.18. The number of morpholine rings is 1. The molecule has 0 unspecified atom stereocenters.